The molecule has 2 nitrogen and oxygen atoms in total. The van der Waals surface area contributed by atoms with Crippen LogP contribution in [0.2, 0.25) is 0 Å². The van der Waals surface area contributed by atoms with E-state index in [9.17, 15) is 4.79 Å². The molecule has 72 valence electrons. The van der Waals surface area contributed by atoms with Gasteiger partial charge in [-0.25, -0.2) is 0 Å². The van der Waals surface area contributed by atoms with Gasteiger partial charge in [-0.05, 0) is 30.2 Å². The smallest absolute Gasteiger partial charge is 0.309 e. The molecule has 1 aromatic carbocycles. The van der Waals surface area contributed by atoms with Gasteiger partial charge >= 0.3 is 5.97 Å². The summed E-state index contributed by atoms with van der Waals surface area (Å²) in [6.07, 6.45) is 1.74. The highest BCUT2D eigenvalue weighted by molar-refractivity contribution is 5.81. The maximum absolute atomic E-state index is 10.9. The predicted octanol–water partition coefficient (Wildman–Crippen LogP) is 2.26. The number of carboxylic acid groups (broad SMARTS) is 1. The van der Waals surface area contributed by atoms with Gasteiger partial charge in [0.2, 0.25) is 0 Å². The van der Waals surface area contributed by atoms with Crippen LogP contribution in [0, 0.1) is 11.3 Å². The van der Waals surface area contributed by atoms with Gasteiger partial charge in [-0.15, -0.1) is 0 Å². The minimum absolute atomic E-state index is 0.319. The molecule has 0 unspecified atom stereocenters. The molecule has 2 aliphatic rings. The first-order valence-corrected chi connectivity index (χ1v) is 5.02. The van der Waals surface area contributed by atoms with Gasteiger partial charge in [-0.3, -0.25) is 4.79 Å². The summed E-state index contributed by atoms with van der Waals surface area (Å²) in [5.74, 6) is 0.337. The van der Waals surface area contributed by atoms with Crippen molar-refractivity contribution >= 4 is 5.97 Å². The molecule has 0 heterocycles. The number of hydrogen-bond donors (Lipinski definition) is 1. The first-order valence-electron chi connectivity index (χ1n) is 5.02. The Kier molecular flexibility index (Phi) is 1.37. The number of benzene rings is 1. The number of hydrogen-bond acceptors (Lipinski definition) is 1. The molecule has 2 saturated carbocycles. The molecule has 0 aliphatic heterocycles. The second-order valence-corrected chi connectivity index (χ2v) is 4.49. The average Bonchev–Trinajstić information content (AvgIpc) is 2.75. The highest BCUT2D eigenvalue weighted by Crippen LogP contribution is 2.73. The molecule has 0 radical (unpaired) electrons. The number of aliphatic carboxylic acids is 1. The van der Waals surface area contributed by atoms with E-state index < -0.39 is 5.97 Å². The van der Waals surface area contributed by atoms with Crippen molar-refractivity contribution in [2.45, 2.75) is 18.8 Å². The van der Waals surface area contributed by atoms with Gasteiger partial charge in [0.05, 0.1) is 5.41 Å². The summed E-state index contributed by atoms with van der Waals surface area (Å²) in [6.45, 7) is 0. The fraction of sp³-hybridized carbons (Fsp3) is 0.417. The molecule has 0 spiro atoms. The van der Waals surface area contributed by atoms with E-state index in [0.717, 1.165) is 12.8 Å². The second-order valence-electron chi connectivity index (χ2n) is 4.49. The number of carboxylic acids is 1. The Bertz CT molecular complexity index is 385. The van der Waals surface area contributed by atoms with Crippen molar-refractivity contribution in [2.75, 3.05) is 0 Å². The van der Waals surface area contributed by atoms with Crippen LogP contribution in [0.5, 0.6) is 0 Å². The molecule has 2 aliphatic carbocycles. The van der Waals surface area contributed by atoms with E-state index in [-0.39, 0.29) is 5.41 Å². The van der Waals surface area contributed by atoms with E-state index in [1.807, 2.05) is 18.2 Å². The van der Waals surface area contributed by atoms with E-state index in [1.54, 1.807) is 0 Å². The third-order valence-corrected chi connectivity index (χ3v) is 3.86. The van der Waals surface area contributed by atoms with Gasteiger partial charge in [-0.2, -0.15) is 0 Å². The van der Waals surface area contributed by atoms with Gasteiger partial charge in [0.25, 0.3) is 0 Å². The van der Waals surface area contributed by atoms with Gasteiger partial charge in [-0.1, -0.05) is 30.3 Å². The molecule has 0 bridgehead atoms. The SMILES string of the molecule is O=C(O)[C@@]12C[C@@H]1[C@H](c1ccccc1)C2. The van der Waals surface area contributed by atoms with Crippen molar-refractivity contribution in [1.82, 2.24) is 0 Å². The Morgan fingerprint density at radius 3 is 2.50 bits per heavy atom. The number of fused-ring (bicyclic) bond motifs is 1. The van der Waals surface area contributed by atoms with E-state index in [1.165, 1.54) is 5.56 Å². The lowest BCUT2D eigenvalue weighted by Crippen LogP contribution is -2.31. The van der Waals surface area contributed by atoms with Crippen molar-refractivity contribution in [3.63, 3.8) is 0 Å². The minimum Gasteiger partial charge on any atom is -0.481 e. The Morgan fingerprint density at radius 1 is 1.29 bits per heavy atom. The molecule has 14 heavy (non-hydrogen) atoms. The van der Waals surface area contributed by atoms with E-state index in [2.05, 4.69) is 12.1 Å². The van der Waals surface area contributed by atoms with Crippen LogP contribution in [0.1, 0.15) is 24.3 Å². The zero-order valence-electron chi connectivity index (χ0n) is 7.81. The van der Waals surface area contributed by atoms with Crippen LogP contribution in [-0.4, -0.2) is 11.1 Å². The molecule has 2 heteroatoms. The first kappa shape index (κ1) is 8.04. The fourth-order valence-corrected chi connectivity index (χ4v) is 2.85. The molecular weight excluding hydrogens is 176 g/mol. The summed E-state index contributed by atoms with van der Waals surface area (Å²) in [5, 5.41) is 9.00. The molecule has 3 rings (SSSR count). The summed E-state index contributed by atoms with van der Waals surface area (Å²) in [7, 11) is 0. The summed E-state index contributed by atoms with van der Waals surface area (Å²) >= 11 is 0. The maximum atomic E-state index is 10.9. The number of rotatable bonds is 2. The van der Waals surface area contributed by atoms with Gasteiger partial charge in [0.1, 0.15) is 0 Å². The summed E-state index contributed by atoms with van der Waals surface area (Å²) < 4.78 is 0. The lowest BCUT2D eigenvalue weighted by molar-refractivity contribution is -0.147. The van der Waals surface area contributed by atoms with Crippen LogP contribution in [0.3, 0.4) is 0 Å². The second kappa shape index (κ2) is 2.38. The van der Waals surface area contributed by atoms with E-state index in [0.29, 0.717) is 11.8 Å². The maximum Gasteiger partial charge on any atom is 0.309 e. The zero-order valence-corrected chi connectivity index (χ0v) is 7.81. The third-order valence-electron chi connectivity index (χ3n) is 3.86. The first-order chi connectivity index (χ1) is 6.74. The molecule has 0 saturated heterocycles. The molecule has 0 amide bonds. The molecule has 2 fully saturated rings. The van der Waals surface area contributed by atoms with Gasteiger partial charge < -0.3 is 5.11 Å². The van der Waals surface area contributed by atoms with Crippen molar-refractivity contribution in [2.24, 2.45) is 11.3 Å². The van der Waals surface area contributed by atoms with Crippen molar-refractivity contribution in [3.05, 3.63) is 35.9 Å². The quantitative estimate of drug-likeness (QED) is 0.773. The molecule has 1 N–H and O–H groups in total. The highest BCUT2D eigenvalue weighted by Gasteiger charge is 2.71. The van der Waals surface area contributed by atoms with Crippen LogP contribution < -0.4 is 0 Å². The predicted molar refractivity (Wildman–Crippen MR) is 52.0 cm³/mol. The largest absolute Gasteiger partial charge is 0.481 e. The normalized spacial score (nSPS) is 38.3. The lowest BCUT2D eigenvalue weighted by Gasteiger charge is -2.31. The zero-order chi connectivity index (χ0) is 9.76. The highest BCUT2D eigenvalue weighted by atomic mass is 16.4. The van der Waals surface area contributed by atoms with E-state index in [4.69, 9.17) is 5.11 Å². The van der Waals surface area contributed by atoms with Gasteiger partial charge in [0, 0.05) is 0 Å². The van der Waals surface area contributed by atoms with Crippen LogP contribution >= 0.6 is 0 Å². The summed E-state index contributed by atoms with van der Waals surface area (Å²) in [4.78, 5) is 10.9. The van der Waals surface area contributed by atoms with Crippen LogP contribution in [0.4, 0.5) is 0 Å². The van der Waals surface area contributed by atoms with Crippen molar-refractivity contribution in [1.29, 1.82) is 0 Å². The molecule has 1 aromatic rings. The minimum atomic E-state index is -0.588. The summed E-state index contributed by atoms with van der Waals surface area (Å²) in [6, 6.07) is 10.3. The molecular formula is C12H12O2. The third kappa shape index (κ3) is 0.834. The topological polar surface area (TPSA) is 37.3 Å². The van der Waals surface area contributed by atoms with Crippen LogP contribution in [0.25, 0.3) is 0 Å². The lowest BCUT2D eigenvalue weighted by atomic mass is 9.71. The fourth-order valence-electron chi connectivity index (χ4n) is 2.85. The van der Waals surface area contributed by atoms with E-state index >= 15 is 0 Å². The Labute approximate surface area is 82.6 Å². The Balaban J connectivity index is 1.80. The van der Waals surface area contributed by atoms with Crippen LogP contribution in [-0.2, 0) is 4.79 Å². The summed E-state index contributed by atoms with van der Waals surface area (Å²) in [5.41, 5.74) is 0.993. The molecule has 0 aromatic heterocycles. The monoisotopic (exact) mass is 188 g/mol. The van der Waals surface area contributed by atoms with Crippen molar-refractivity contribution in [3.8, 4) is 0 Å². The van der Waals surface area contributed by atoms with Crippen molar-refractivity contribution < 1.29 is 9.90 Å². The molecule has 3 atom stereocenters. The Morgan fingerprint density at radius 2 is 2.00 bits per heavy atom. The van der Waals surface area contributed by atoms with Gasteiger partial charge in [0.15, 0.2) is 0 Å². The average molecular weight is 188 g/mol. The standard InChI is InChI=1S/C12H12O2/c13-11(14)12-6-9(10(12)7-12)8-4-2-1-3-5-8/h1-5,9-10H,6-7H2,(H,13,14)/t9-,10+,12-/m0/s1. The van der Waals surface area contributed by atoms with Crippen LogP contribution in [0.15, 0.2) is 30.3 Å². The number of carbonyl (C=O) groups is 1. The Hall–Kier alpha value is -1.31.